The maximum Gasteiger partial charge on any atom is 0.0268 e. The minimum absolute atomic E-state index is 0.576. The third-order valence-electron chi connectivity index (χ3n) is 3.70. The Kier molecular flexibility index (Phi) is 1.29. The van der Waals surface area contributed by atoms with Gasteiger partial charge in [0.2, 0.25) is 0 Å². The lowest BCUT2D eigenvalue weighted by Gasteiger charge is -2.54. The van der Waals surface area contributed by atoms with Crippen LogP contribution < -0.4 is 0 Å². The first-order chi connectivity index (χ1) is 5.23. The smallest absolute Gasteiger partial charge is 0.0268 e. The zero-order valence-corrected chi connectivity index (χ0v) is 8.36. The summed E-state index contributed by atoms with van der Waals surface area (Å²) in [5.74, 6) is 4.00. The van der Waals surface area contributed by atoms with Gasteiger partial charge in [-0.2, -0.15) is 0 Å². The van der Waals surface area contributed by atoms with Gasteiger partial charge in [-0.05, 0) is 56.3 Å². The van der Waals surface area contributed by atoms with Crippen LogP contribution in [-0.4, -0.2) is 4.32 Å². The Morgan fingerprint density at radius 1 is 1.18 bits per heavy atom. The van der Waals surface area contributed by atoms with Crippen molar-refractivity contribution in [3.8, 4) is 0 Å². The van der Waals surface area contributed by atoms with E-state index >= 15 is 0 Å². The number of halogens is 1. The van der Waals surface area contributed by atoms with Crippen LogP contribution in [0.3, 0.4) is 0 Å². The van der Waals surface area contributed by atoms with E-state index < -0.39 is 0 Å². The van der Waals surface area contributed by atoms with Gasteiger partial charge in [-0.25, -0.2) is 0 Å². The van der Waals surface area contributed by atoms with Gasteiger partial charge >= 0.3 is 0 Å². The molecular weight excluding hydrogens is 200 g/mol. The molecule has 0 N–H and O–H groups in total. The maximum atomic E-state index is 3.94. The van der Waals surface area contributed by atoms with E-state index in [0.717, 1.165) is 11.8 Å². The Morgan fingerprint density at radius 3 is 2.27 bits per heavy atom. The van der Waals surface area contributed by atoms with Crippen LogP contribution in [0.1, 0.15) is 38.5 Å². The van der Waals surface area contributed by atoms with Crippen LogP contribution in [0.2, 0.25) is 0 Å². The Hall–Kier alpha value is 0.480. The summed E-state index contributed by atoms with van der Waals surface area (Å²) in [6, 6.07) is 0. The first-order valence-electron chi connectivity index (χ1n) is 4.76. The average molecular weight is 214 g/mol. The molecule has 4 rings (SSSR count). The molecule has 4 saturated carbocycles. The fraction of sp³-hybridized carbons (Fsp3) is 0.900. The minimum atomic E-state index is 0.576. The van der Waals surface area contributed by atoms with Crippen LogP contribution in [0.15, 0.2) is 0 Å². The van der Waals surface area contributed by atoms with Crippen molar-refractivity contribution in [2.75, 3.05) is 0 Å². The highest BCUT2D eigenvalue weighted by molar-refractivity contribution is 9.10. The predicted octanol–water partition coefficient (Wildman–Crippen LogP) is 3.31. The van der Waals surface area contributed by atoms with Crippen LogP contribution in [-0.2, 0) is 0 Å². The van der Waals surface area contributed by atoms with Crippen LogP contribution >= 0.6 is 15.9 Å². The van der Waals surface area contributed by atoms with E-state index in [9.17, 15) is 0 Å². The first kappa shape index (κ1) is 6.94. The summed E-state index contributed by atoms with van der Waals surface area (Å²) in [6.07, 6.45) is 8.82. The SMILES string of the molecule is BrC12C[C]3CC(CC(C3)C1)C2. The van der Waals surface area contributed by atoms with E-state index in [4.69, 9.17) is 0 Å². The molecule has 0 aliphatic heterocycles. The molecule has 0 nitrogen and oxygen atoms in total. The van der Waals surface area contributed by atoms with E-state index in [1.807, 2.05) is 5.92 Å². The third kappa shape index (κ3) is 0.998. The molecule has 4 bridgehead atoms. The fourth-order valence-electron chi connectivity index (χ4n) is 3.70. The molecule has 4 fully saturated rings. The number of hydrogen-bond acceptors (Lipinski definition) is 0. The second-order valence-electron chi connectivity index (χ2n) is 4.86. The van der Waals surface area contributed by atoms with Gasteiger partial charge in [0, 0.05) is 4.32 Å². The Bertz CT molecular complexity index is 150. The molecule has 0 aromatic heterocycles. The summed E-state index contributed by atoms with van der Waals surface area (Å²) in [6.45, 7) is 0. The second-order valence-corrected chi connectivity index (χ2v) is 6.54. The molecule has 4 aliphatic rings. The van der Waals surface area contributed by atoms with Gasteiger partial charge in [0.05, 0.1) is 0 Å². The van der Waals surface area contributed by atoms with Gasteiger partial charge in [0.15, 0.2) is 0 Å². The standard InChI is InChI=1S/C10H14Br/c11-10-4-7-1-8(5-10)3-9(2-7)6-10/h7-8H,1-6H2. The third-order valence-corrected chi connectivity index (χ3v) is 4.63. The van der Waals surface area contributed by atoms with Gasteiger partial charge in [-0.15, -0.1) is 0 Å². The molecule has 0 spiro atoms. The average Bonchev–Trinajstić information content (AvgIpc) is 1.79. The van der Waals surface area contributed by atoms with Crippen LogP contribution in [0.5, 0.6) is 0 Å². The molecule has 2 unspecified atom stereocenters. The van der Waals surface area contributed by atoms with Crippen molar-refractivity contribution < 1.29 is 0 Å². The Labute approximate surface area is 76.9 Å². The number of rotatable bonds is 0. The van der Waals surface area contributed by atoms with E-state index in [2.05, 4.69) is 15.9 Å². The van der Waals surface area contributed by atoms with Crippen LogP contribution in [0.25, 0.3) is 0 Å². The number of alkyl halides is 1. The molecule has 2 atom stereocenters. The quantitative estimate of drug-likeness (QED) is 0.542. The van der Waals surface area contributed by atoms with Crippen molar-refractivity contribution in [1.29, 1.82) is 0 Å². The van der Waals surface area contributed by atoms with Crippen LogP contribution in [0, 0.1) is 17.8 Å². The highest BCUT2D eigenvalue weighted by atomic mass is 79.9. The lowest BCUT2D eigenvalue weighted by Crippen LogP contribution is -2.45. The van der Waals surface area contributed by atoms with Gasteiger partial charge in [-0.3, -0.25) is 0 Å². The van der Waals surface area contributed by atoms with Crippen LogP contribution in [0.4, 0.5) is 0 Å². The zero-order chi connectivity index (χ0) is 7.47. The fourth-order valence-corrected chi connectivity index (χ4v) is 5.02. The van der Waals surface area contributed by atoms with Gasteiger partial charge in [-0.1, -0.05) is 15.9 Å². The highest BCUT2D eigenvalue weighted by Gasteiger charge is 2.49. The summed E-state index contributed by atoms with van der Waals surface area (Å²) < 4.78 is 0.576. The van der Waals surface area contributed by atoms with E-state index in [1.54, 1.807) is 0 Å². The Balaban J connectivity index is 1.94. The molecule has 0 aromatic carbocycles. The van der Waals surface area contributed by atoms with Gasteiger partial charge < -0.3 is 0 Å². The van der Waals surface area contributed by atoms with Crippen molar-refractivity contribution in [3.05, 3.63) is 5.92 Å². The molecule has 11 heavy (non-hydrogen) atoms. The molecule has 1 heteroatoms. The largest absolute Gasteiger partial charge is 0.0853 e. The summed E-state index contributed by atoms with van der Waals surface area (Å²) in [5, 5.41) is 0. The molecule has 0 heterocycles. The molecule has 1 radical (unpaired) electrons. The van der Waals surface area contributed by atoms with E-state index in [0.29, 0.717) is 4.32 Å². The highest BCUT2D eigenvalue weighted by Crippen LogP contribution is 2.59. The summed E-state index contributed by atoms with van der Waals surface area (Å²) in [7, 11) is 0. The van der Waals surface area contributed by atoms with Crippen molar-refractivity contribution in [2.24, 2.45) is 11.8 Å². The molecular formula is C10H14Br. The monoisotopic (exact) mass is 213 g/mol. The van der Waals surface area contributed by atoms with Gasteiger partial charge in [0.1, 0.15) is 0 Å². The predicted molar refractivity (Wildman–Crippen MR) is 49.6 cm³/mol. The van der Waals surface area contributed by atoms with Crippen molar-refractivity contribution in [1.82, 2.24) is 0 Å². The zero-order valence-electron chi connectivity index (χ0n) is 6.78. The molecule has 0 amide bonds. The maximum absolute atomic E-state index is 3.94. The van der Waals surface area contributed by atoms with Crippen molar-refractivity contribution in [3.63, 3.8) is 0 Å². The summed E-state index contributed by atoms with van der Waals surface area (Å²) in [4.78, 5) is 0. The van der Waals surface area contributed by atoms with Crippen molar-refractivity contribution in [2.45, 2.75) is 42.8 Å². The molecule has 4 aliphatic carbocycles. The topological polar surface area (TPSA) is 0 Å². The molecule has 0 aromatic rings. The minimum Gasteiger partial charge on any atom is -0.0853 e. The Morgan fingerprint density at radius 2 is 1.82 bits per heavy atom. The lowest BCUT2D eigenvalue weighted by atomic mass is 9.56. The van der Waals surface area contributed by atoms with Crippen molar-refractivity contribution >= 4 is 15.9 Å². The number of hydrogen-bond donors (Lipinski definition) is 0. The second kappa shape index (κ2) is 2.04. The van der Waals surface area contributed by atoms with E-state index in [1.165, 1.54) is 38.5 Å². The molecule has 0 saturated heterocycles. The summed E-state index contributed by atoms with van der Waals surface area (Å²) in [5.41, 5.74) is 0. The van der Waals surface area contributed by atoms with E-state index in [-0.39, 0.29) is 0 Å². The van der Waals surface area contributed by atoms with Gasteiger partial charge in [0.25, 0.3) is 0 Å². The molecule has 61 valence electrons. The normalized spacial score (nSPS) is 55.4. The lowest BCUT2D eigenvalue weighted by molar-refractivity contribution is 0.117. The first-order valence-corrected chi connectivity index (χ1v) is 5.55. The summed E-state index contributed by atoms with van der Waals surface area (Å²) >= 11 is 3.94.